The quantitative estimate of drug-likeness (QED) is 0.543. The fraction of sp³-hybridized carbons (Fsp3) is 0.292. The molecule has 172 valence electrons. The molecule has 1 fully saturated rings. The third kappa shape index (κ3) is 5.55. The lowest BCUT2D eigenvalue weighted by Gasteiger charge is -2.25. The molecule has 2 aromatic carbocycles. The number of hydrogen-bond donors (Lipinski definition) is 2. The van der Waals surface area contributed by atoms with Crippen molar-refractivity contribution in [2.24, 2.45) is 0 Å². The lowest BCUT2D eigenvalue weighted by Crippen LogP contribution is -2.42. The summed E-state index contributed by atoms with van der Waals surface area (Å²) in [6.45, 7) is 1.12. The Morgan fingerprint density at radius 1 is 0.879 bits per heavy atom. The summed E-state index contributed by atoms with van der Waals surface area (Å²) in [6, 6.07) is 17.5. The van der Waals surface area contributed by atoms with E-state index in [4.69, 9.17) is 0 Å². The summed E-state index contributed by atoms with van der Waals surface area (Å²) in [5.74, 6) is -0.851. The molecule has 0 atom stereocenters. The topological polar surface area (TPSA) is 108 Å². The van der Waals surface area contributed by atoms with Crippen molar-refractivity contribution in [2.45, 2.75) is 37.0 Å². The summed E-state index contributed by atoms with van der Waals surface area (Å²) in [7, 11) is -3.47. The van der Waals surface area contributed by atoms with Crippen LogP contribution in [0, 0.1) is 0 Å². The second-order valence-electron chi connectivity index (χ2n) is 8.00. The number of amides is 2. The zero-order valence-corrected chi connectivity index (χ0v) is 19.0. The van der Waals surface area contributed by atoms with Crippen molar-refractivity contribution in [3.05, 3.63) is 71.9 Å². The van der Waals surface area contributed by atoms with Gasteiger partial charge in [0.25, 0.3) is 5.91 Å². The van der Waals surface area contributed by atoms with Crippen LogP contribution in [0.5, 0.6) is 0 Å². The van der Waals surface area contributed by atoms with Crippen molar-refractivity contribution in [1.82, 2.24) is 20.1 Å². The molecule has 0 radical (unpaired) electrons. The first kappa shape index (κ1) is 22.9. The maximum absolute atomic E-state index is 12.7. The van der Waals surface area contributed by atoms with Crippen LogP contribution in [-0.4, -0.2) is 42.6 Å². The second kappa shape index (κ2) is 10.1. The molecule has 1 aromatic heterocycles. The molecule has 33 heavy (non-hydrogen) atoms. The summed E-state index contributed by atoms with van der Waals surface area (Å²) in [5, 5.41) is 0.924. The summed E-state index contributed by atoms with van der Waals surface area (Å²) < 4.78 is 27.0. The molecular formula is C24H26N4O4S. The van der Waals surface area contributed by atoms with Crippen LogP contribution in [0.25, 0.3) is 10.9 Å². The number of aromatic nitrogens is 1. The Kier molecular flexibility index (Phi) is 7.00. The molecule has 0 unspecified atom stereocenters. The highest BCUT2D eigenvalue weighted by atomic mass is 32.2. The highest BCUT2D eigenvalue weighted by Gasteiger charge is 2.25. The second-order valence-corrected chi connectivity index (χ2v) is 9.94. The van der Waals surface area contributed by atoms with Crippen LogP contribution in [0.3, 0.4) is 0 Å². The lowest BCUT2D eigenvalue weighted by atomic mass is 10.1. The van der Waals surface area contributed by atoms with Gasteiger partial charge in [-0.3, -0.25) is 20.4 Å². The Hall–Kier alpha value is -3.30. The lowest BCUT2D eigenvalue weighted by molar-refractivity contribution is -0.121. The van der Waals surface area contributed by atoms with E-state index in [2.05, 4.69) is 15.8 Å². The minimum absolute atomic E-state index is 0.143. The van der Waals surface area contributed by atoms with E-state index < -0.39 is 15.9 Å². The van der Waals surface area contributed by atoms with Gasteiger partial charge in [0, 0.05) is 24.9 Å². The van der Waals surface area contributed by atoms with Gasteiger partial charge in [-0.15, -0.1) is 0 Å². The molecule has 4 rings (SSSR count). The van der Waals surface area contributed by atoms with Gasteiger partial charge in [-0.1, -0.05) is 42.8 Å². The van der Waals surface area contributed by atoms with Crippen molar-refractivity contribution in [3.63, 3.8) is 0 Å². The van der Waals surface area contributed by atoms with Crippen molar-refractivity contribution in [3.8, 4) is 0 Å². The van der Waals surface area contributed by atoms with Gasteiger partial charge in [0.1, 0.15) is 5.69 Å². The van der Waals surface area contributed by atoms with Gasteiger partial charge in [0.2, 0.25) is 15.9 Å². The Balaban J connectivity index is 1.27. The van der Waals surface area contributed by atoms with Crippen LogP contribution >= 0.6 is 0 Å². The number of hydrogen-bond acceptors (Lipinski definition) is 5. The van der Waals surface area contributed by atoms with Crippen LogP contribution in [0.15, 0.2) is 65.6 Å². The van der Waals surface area contributed by atoms with Gasteiger partial charge in [-0.05, 0) is 49.1 Å². The van der Waals surface area contributed by atoms with E-state index in [0.717, 1.165) is 30.2 Å². The molecule has 0 spiro atoms. The number of para-hydroxylation sites is 1. The van der Waals surface area contributed by atoms with Gasteiger partial charge in [0.15, 0.2) is 0 Å². The number of benzene rings is 2. The van der Waals surface area contributed by atoms with Crippen LogP contribution in [-0.2, 0) is 21.2 Å². The van der Waals surface area contributed by atoms with E-state index in [1.807, 2.05) is 24.3 Å². The molecule has 0 bridgehead atoms. The molecule has 9 heteroatoms. The average molecular weight is 467 g/mol. The van der Waals surface area contributed by atoms with E-state index >= 15 is 0 Å². The van der Waals surface area contributed by atoms with Gasteiger partial charge in [-0.25, -0.2) is 13.4 Å². The Labute approximate surface area is 193 Å². The van der Waals surface area contributed by atoms with Crippen LogP contribution in [0.1, 0.15) is 41.7 Å². The number of pyridine rings is 1. The fourth-order valence-corrected chi connectivity index (χ4v) is 5.30. The van der Waals surface area contributed by atoms with Crippen LogP contribution in [0.4, 0.5) is 0 Å². The average Bonchev–Trinajstić information content (AvgIpc) is 2.86. The van der Waals surface area contributed by atoms with E-state index in [1.54, 1.807) is 36.4 Å². The predicted octanol–water partition coefficient (Wildman–Crippen LogP) is 2.80. The first-order chi connectivity index (χ1) is 15.9. The fourth-order valence-electron chi connectivity index (χ4n) is 3.79. The number of sulfonamides is 1. The number of fused-ring (bicyclic) bond motifs is 1. The van der Waals surface area contributed by atoms with E-state index in [9.17, 15) is 18.0 Å². The van der Waals surface area contributed by atoms with Crippen LogP contribution in [0.2, 0.25) is 0 Å². The van der Waals surface area contributed by atoms with Crippen molar-refractivity contribution >= 4 is 32.7 Å². The SMILES string of the molecule is O=C(CCc1ccc(S(=O)(=O)N2CCCCC2)cc1)NNC(=O)c1ccc2ccccc2n1. The first-order valence-electron chi connectivity index (χ1n) is 11.0. The van der Waals surface area contributed by atoms with Gasteiger partial charge in [-0.2, -0.15) is 4.31 Å². The monoisotopic (exact) mass is 466 g/mol. The molecular weight excluding hydrogens is 440 g/mol. The molecule has 3 aromatic rings. The van der Waals surface area contributed by atoms with Crippen molar-refractivity contribution in [1.29, 1.82) is 0 Å². The number of aryl methyl sites for hydroxylation is 1. The summed E-state index contributed by atoms with van der Waals surface area (Å²) >= 11 is 0. The number of rotatable bonds is 6. The number of nitrogens with zero attached hydrogens (tertiary/aromatic N) is 2. The number of hydrazine groups is 1. The number of nitrogens with one attached hydrogen (secondary N) is 2. The van der Waals surface area contributed by atoms with E-state index in [1.165, 1.54) is 4.31 Å². The van der Waals surface area contributed by atoms with E-state index in [-0.39, 0.29) is 22.9 Å². The van der Waals surface area contributed by atoms with Crippen LogP contribution < -0.4 is 10.9 Å². The number of piperidine rings is 1. The third-order valence-corrected chi connectivity index (χ3v) is 7.58. The highest BCUT2D eigenvalue weighted by molar-refractivity contribution is 7.89. The molecule has 0 saturated carbocycles. The Morgan fingerprint density at radius 3 is 2.36 bits per heavy atom. The minimum Gasteiger partial charge on any atom is -0.273 e. The Morgan fingerprint density at radius 2 is 1.61 bits per heavy atom. The molecule has 8 nitrogen and oxygen atoms in total. The van der Waals surface area contributed by atoms with Crippen molar-refractivity contribution < 1.29 is 18.0 Å². The zero-order valence-electron chi connectivity index (χ0n) is 18.2. The maximum Gasteiger partial charge on any atom is 0.288 e. The molecule has 1 aliphatic rings. The summed E-state index contributed by atoms with van der Waals surface area (Å²) in [5.41, 5.74) is 6.52. The summed E-state index contributed by atoms with van der Waals surface area (Å²) in [4.78, 5) is 29.0. The number of carbonyl (C=O) groups excluding carboxylic acids is 2. The smallest absolute Gasteiger partial charge is 0.273 e. The zero-order chi connectivity index (χ0) is 23.3. The van der Waals surface area contributed by atoms with Crippen molar-refractivity contribution in [2.75, 3.05) is 13.1 Å². The summed E-state index contributed by atoms with van der Waals surface area (Å²) in [6.07, 6.45) is 3.40. The molecule has 2 amide bonds. The molecule has 1 aliphatic heterocycles. The predicted molar refractivity (Wildman–Crippen MR) is 125 cm³/mol. The standard InChI is InChI=1S/C24H26N4O4S/c29-23(26-27-24(30)22-14-11-19-6-2-3-7-21(19)25-22)15-10-18-8-12-20(13-9-18)33(31,32)28-16-4-1-5-17-28/h2-3,6-9,11-14H,1,4-5,10,15-17H2,(H,26,29)(H,27,30). The van der Waals surface area contributed by atoms with Gasteiger partial charge in [0.05, 0.1) is 10.4 Å². The van der Waals surface area contributed by atoms with E-state index in [0.29, 0.717) is 25.0 Å². The molecule has 1 saturated heterocycles. The third-order valence-electron chi connectivity index (χ3n) is 5.66. The maximum atomic E-state index is 12.7. The number of carbonyl (C=O) groups is 2. The minimum atomic E-state index is -3.47. The first-order valence-corrected chi connectivity index (χ1v) is 12.4. The van der Waals surface area contributed by atoms with Gasteiger partial charge < -0.3 is 0 Å². The largest absolute Gasteiger partial charge is 0.288 e. The normalized spacial score (nSPS) is 14.7. The van der Waals surface area contributed by atoms with Gasteiger partial charge >= 0.3 is 0 Å². The Bertz CT molecular complexity index is 1250. The molecule has 2 heterocycles. The molecule has 2 N–H and O–H groups in total. The molecule has 0 aliphatic carbocycles. The highest BCUT2D eigenvalue weighted by Crippen LogP contribution is 2.21.